The van der Waals surface area contributed by atoms with Crippen LogP contribution in [0.15, 0.2) is 42.6 Å². The van der Waals surface area contributed by atoms with Gasteiger partial charge in [0.15, 0.2) is 0 Å². The molecule has 0 saturated carbocycles. The van der Waals surface area contributed by atoms with E-state index in [0.29, 0.717) is 5.56 Å². The fourth-order valence-electron chi connectivity index (χ4n) is 1.73. The van der Waals surface area contributed by atoms with Crippen LogP contribution >= 0.6 is 0 Å². The summed E-state index contributed by atoms with van der Waals surface area (Å²) >= 11 is 0. The monoisotopic (exact) mass is 265 g/mol. The SMILES string of the molecule is Cc1ccc(C(F)(F)F)c(C(=O)c2ccccn2)c1. The van der Waals surface area contributed by atoms with Gasteiger partial charge in [0.25, 0.3) is 0 Å². The van der Waals surface area contributed by atoms with Gasteiger partial charge in [-0.1, -0.05) is 17.7 Å². The number of pyridine rings is 1. The van der Waals surface area contributed by atoms with E-state index in [1.165, 1.54) is 24.4 Å². The van der Waals surface area contributed by atoms with E-state index in [1.807, 2.05) is 0 Å². The third kappa shape index (κ3) is 2.81. The molecule has 2 nitrogen and oxygen atoms in total. The number of ketones is 1. The summed E-state index contributed by atoms with van der Waals surface area (Å²) in [4.78, 5) is 15.9. The number of hydrogen-bond donors (Lipinski definition) is 0. The molecule has 0 aliphatic carbocycles. The van der Waals surface area contributed by atoms with Crippen LogP contribution < -0.4 is 0 Å². The van der Waals surface area contributed by atoms with Gasteiger partial charge in [0.05, 0.1) is 5.56 Å². The van der Waals surface area contributed by atoms with Crippen molar-refractivity contribution in [1.29, 1.82) is 0 Å². The molecule has 5 heteroatoms. The second-order valence-corrected chi connectivity index (χ2v) is 4.09. The van der Waals surface area contributed by atoms with Crippen LogP contribution in [-0.4, -0.2) is 10.8 Å². The van der Waals surface area contributed by atoms with Gasteiger partial charge in [-0.2, -0.15) is 13.2 Å². The Morgan fingerprint density at radius 1 is 1.16 bits per heavy atom. The molecule has 0 fully saturated rings. The molecule has 98 valence electrons. The summed E-state index contributed by atoms with van der Waals surface area (Å²) in [5.41, 5.74) is -0.717. The van der Waals surface area contributed by atoms with Crippen LogP contribution in [0.3, 0.4) is 0 Å². The number of rotatable bonds is 2. The summed E-state index contributed by atoms with van der Waals surface area (Å²) < 4.78 is 38.7. The number of aromatic nitrogens is 1. The molecule has 0 saturated heterocycles. The standard InChI is InChI=1S/C14H10F3NO/c1-9-5-6-11(14(15,16)17)10(8-9)13(19)12-4-2-3-7-18-12/h2-8H,1H3. The third-order valence-corrected chi connectivity index (χ3v) is 2.62. The topological polar surface area (TPSA) is 30.0 Å². The lowest BCUT2D eigenvalue weighted by atomic mass is 9.98. The lowest BCUT2D eigenvalue weighted by molar-refractivity contribution is -0.137. The number of hydrogen-bond acceptors (Lipinski definition) is 2. The zero-order valence-corrected chi connectivity index (χ0v) is 10.0. The first-order valence-electron chi connectivity index (χ1n) is 5.53. The van der Waals surface area contributed by atoms with Crippen molar-refractivity contribution in [3.8, 4) is 0 Å². The summed E-state index contributed by atoms with van der Waals surface area (Å²) in [6.07, 6.45) is -3.19. The number of aryl methyl sites for hydroxylation is 1. The van der Waals surface area contributed by atoms with E-state index in [2.05, 4.69) is 4.98 Å². The van der Waals surface area contributed by atoms with Crippen LogP contribution in [0.5, 0.6) is 0 Å². The van der Waals surface area contributed by atoms with Crippen LogP contribution in [0, 0.1) is 6.92 Å². The second kappa shape index (κ2) is 4.84. The molecule has 0 bridgehead atoms. The van der Waals surface area contributed by atoms with Gasteiger partial charge in [0.2, 0.25) is 5.78 Å². The van der Waals surface area contributed by atoms with Crippen molar-refractivity contribution in [3.05, 3.63) is 65.0 Å². The Labute approximate surface area is 107 Å². The van der Waals surface area contributed by atoms with E-state index < -0.39 is 17.5 Å². The highest BCUT2D eigenvalue weighted by atomic mass is 19.4. The molecule has 0 radical (unpaired) electrons. The minimum atomic E-state index is -4.56. The van der Waals surface area contributed by atoms with Gasteiger partial charge in [-0.15, -0.1) is 0 Å². The average molecular weight is 265 g/mol. The fraction of sp³-hybridized carbons (Fsp3) is 0.143. The van der Waals surface area contributed by atoms with Crippen molar-refractivity contribution >= 4 is 5.78 Å². The highest BCUT2D eigenvalue weighted by Gasteiger charge is 2.35. The van der Waals surface area contributed by atoms with Crippen LogP contribution in [-0.2, 0) is 6.18 Å². The van der Waals surface area contributed by atoms with E-state index in [0.717, 1.165) is 6.07 Å². The van der Waals surface area contributed by atoms with Crippen molar-refractivity contribution in [3.63, 3.8) is 0 Å². The molecule has 0 aliphatic rings. The van der Waals surface area contributed by atoms with Gasteiger partial charge < -0.3 is 0 Å². The Bertz CT molecular complexity index is 606. The Morgan fingerprint density at radius 2 is 1.89 bits per heavy atom. The van der Waals surface area contributed by atoms with Crippen molar-refractivity contribution in [2.24, 2.45) is 0 Å². The molecule has 2 aromatic rings. The second-order valence-electron chi connectivity index (χ2n) is 4.09. The number of nitrogens with zero attached hydrogens (tertiary/aromatic N) is 1. The van der Waals surface area contributed by atoms with Crippen LogP contribution in [0.1, 0.15) is 27.2 Å². The molecule has 19 heavy (non-hydrogen) atoms. The van der Waals surface area contributed by atoms with E-state index in [-0.39, 0.29) is 11.3 Å². The molecular formula is C14H10F3NO. The van der Waals surface area contributed by atoms with Crippen molar-refractivity contribution in [1.82, 2.24) is 4.98 Å². The van der Waals surface area contributed by atoms with E-state index in [1.54, 1.807) is 19.1 Å². The van der Waals surface area contributed by atoms with Gasteiger partial charge in [0.1, 0.15) is 5.69 Å². The highest BCUT2D eigenvalue weighted by Crippen LogP contribution is 2.33. The van der Waals surface area contributed by atoms with E-state index >= 15 is 0 Å². The molecule has 0 unspecified atom stereocenters. The lowest BCUT2D eigenvalue weighted by Crippen LogP contribution is -2.14. The van der Waals surface area contributed by atoms with Crippen molar-refractivity contribution in [2.45, 2.75) is 13.1 Å². The zero-order valence-electron chi connectivity index (χ0n) is 10.0. The van der Waals surface area contributed by atoms with Gasteiger partial charge in [0, 0.05) is 11.8 Å². The zero-order chi connectivity index (χ0) is 14.0. The molecule has 0 aliphatic heterocycles. The lowest BCUT2D eigenvalue weighted by Gasteiger charge is -2.12. The fourth-order valence-corrected chi connectivity index (χ4v) is 1.73. The largest absolute Gasteiger partial charge is 0.417 e. The summed E-state index contributed by atoms with van der Waals surface area (Å²) in [6.45, 7) is 1.63. The molecule has 0 spiro atoms. The predicted octanol–water partition coefficient (Wildman–Crippen LogP) is 3.64. The Hall–Kier alpha value is -2.17. The normalized spacial score (nSPS) is 11.4. The predicted molar refractivity (Wildman–Crippen MR) is 63.9 cm³/mol. The highest BCUT2D eigenvalue weighted by molar-refractivity contribution is 6.08. The number of carbonyl (C=O) groups is 1. The smallest absolute Gasteiger partial charge is 0.287 e. The number of alkyl halides is 3. The molecule has 1 heterocycles. The summed E-state index contributed by atoms with van der Waals surface area (Å²) in [5, 5.41) is 0. The quantitative estimate of drug-likeness (QED) is 0.776. The van der Waals surface area contributed by atoms with E-state index in [4.69, 9.17) is 0 Å². The van der Waals surface area contributed by atoms with Gasteiger partial charge in [-0.25, -0.2) is 0 Å². The Balaban J connectivity index is 2.56. The molecule has 0 N–H and O–H groups in total. The number of carbonyl (C=O) groups excluding carboxylic acids is 1. The van der Waals surface area contributed by atoms with Crippen LogP contribution in [0.4, 0.5) is 13.2 Å². The number of benzene rings is 1. The number of halogens is 3. The first kappa shape index (κ1) is 13.3. The molecule has 1 aromatic heterocycles. The van der Waals surface area contributed by atoms with E-state index in [9.17, 15) is 18.0 Å². The van der Waals surface area contributed by atoms with Gasteiger partial charge >= 0.3 is 6.18 Å². The molecule has 2 rings (SSSR count). The van der Waals surface area contributed by atoms with Crippen molar-refractivity contribution < 1.29 is 18.0 Å². The molecule has 0 atom stereocenters. The van der Waals surface area contributed by atoms with Gasteiger partial charge in [-0.05, 0) is 31.2 Å². The summed E-state index contributed by atoms with van der Waals surface area (Å²) in [7, 11) is 0. The minimum Gasteiger partial charge on any atom is -0.287 e. The molecule has 0 amide bonds. The maximum absolute atomic E-state index is 12.9. The first-order chi connectivity index (χ1) is 8.89. The summed E-state index contributed by atoms with van der Waals surface area (Å²) in [6, 6.07) is 8.04. The Morgan fingerprint density at radius 3 is 2.47 bits per heavy atom. The Kier molecular flexibility index (Phi) is 3.38. The minimum absolute atomic E-state index is 0.00130. The maximum Gasteiger partial charge on any atom is 0.417 e. The summed E-state index contributed by atoms with van der Waals surface area (Å²) in [5.74, 6) is -0.725. The van der Waals surface area contributed by atoms with Crippen molar-refractivity contribution in [2.75, 3.05) is 0 Å². The average Bonchev–Trinajstić information content (AvgIpc) is 2.37. The van der Waals surface area contributed by atoms with Gasteiger partial charge in [-0.3, -0.25) is 9.78 Å². The van der Waals surface area contributed by atoms with Crippen LogP contribution in [0.2, 0.25) is 0 Å². The van der Waals surface area contributed by atoms with Crippen LogP contribution in [0.25, 0.3) is 0 Å². The molecule has 1 aromatic carbocycles. The maximum atomic E-state index is 12.9. The third-order valence-electron chi connectivity index (χ3n) is 2.62. The molecular weight excluding hydrogens is 255 g/mol. The first-order valence-corrected chi connectivity index (χ1v) is 5.53.